The molecule has 2 rings (SSSR count). The maximum Gasteiger partial charge on any atom is 0.414 e. The Bertz CT molecular complexity index is 949. The molecule has 0 aliphatic rings. The Morgan fingerprint density at radius 1 is 1.03 bits per heavy atom. The fraction of sp³-hybridized carbons (Fsp3) is 0.360. The summed E-state index contributed by atoms with van der Waals surface area (Å²) in [5.41, 5.74) is 0.994. The van der Waals surface area contributed by atoms with E-state index in [1.807, 2.05) is 39.0 Å². The van der Waals surface area contributed by atoms with Crippen molar-refractivity contribution in [1.29, 1.82) is 0 Å². The zero-order chi connectivity index (χ0) is 23.9. The molecule has 7 heteroatoms. The van der Waals surface area contributed by atoms with E-state index < -0.39 is 17.8 Å². The Balaban J connectivity index is 2.29. The highest BCUT2D eigenvalue weighted by Gasteiger charge is 2.26. The van der Waals surface area contributed by atoms with Crippen LogP contribution in [0, 0.1) is 5.82 Å². The van der Waals surface area contributed by atoms with Gasteiger partial charge in [0, 0.05) is 21.1 Å². The summed E-state index contributed by atoms with van der Waals surface area (Å²) >= 11 is 0. The minimum absolute atomic E-state index is 0.297. The molecule has 0 radical (unpaired) electrons. The second-order valence-corrected chi connectivity index (χ2v) is 8.63. The lowest BCUT2D eigenvalue weighted by molar-refractivity contribution is 0.0221. The van der Waals surface area contributed by atoms with Crippen molar-refractivity contribution in [2.45, 2.75) is 38.8 Å². The van der Waals surface area contributed by atoms with Gasteiger partial charge in [-0.1, -0.05) is 36.4 Å². The molecule has 172 valence electrons. The van der Waals surface area contributed by atoms with Crippen LogP contribution >= 0.6 is 0 Å². The SMILES string of the molecule is CN(C)C(=O)Oc1cccc(C(C/C=C\c2ccc(F)cc2)N(C)C(=O)OC(C)(C)C)c1. The number of hydrogen-bond acceptors (Lipinski definition) is 4. The maximum absolute atomic E-state index is 13.1. The number of halogens is 1. The van der Waals surface area contributed by atoms with Gasteiger partial charge in [-0.15, -0.1) is 0 Å². The summed E-state index contributed by atoms with van der Waals surface area (Å²) in [6.07, 6.45) is 3.30. The molecule has 0 N–H and O–H groups in total. The molecule has 1 unspecified atom stereocenters. The van der Waals surface area contributed by atoms with Gasteiger partial charge in [0.2, 0.25) is 0 Å². The zero-order valence-corrected chi connectivity index (χ0v) is 19.5. The molecule has 0 fully saturated rings. The number of amides is 2. The van der Waals surface area contributed by atoms with Crippen molar-refractivity contribution in [3.63, 3.8) is 0 Å². The van der Waals surface area contributed by atoms with Gasteiger partial charge in [0.05, 0.1) is 6.04 Å². The van der Waals surface area contributed by atoms with E-state index in [0.29, 0.717) is 12.2 Å². The predicted octanol–water partition coefficient (Wildman–Crippen LogP) is 5.90. The van der Waals surface area contributed by atoms with Crippen molar-refractivity contribution in [1.82, 2.24) is 9.80 Å². The average Bonchev–Trinajstić information content (AvgIpc) is 2.71. The number of carbonyl (C=O) groups excluding carboxylic acids is 2. The van der Waals surface area contributed by atoms with Gasteiger partial charge in [-0.05, 0) is 62.6 Å². The molecule has 2 amide bonds. The molecular formula is C25H31FN2O4. The van der Waals surface area contributed by atoms with Gasteiger partial charge in [0.1, 0.15) is 17.2 Å². The van der Waals surface area contributed by atoms with E-state index in [1.165, 1.54) is 21.9 Å². The van der Waals surface area contributed by atoms with E-state index >= 15 is 0 Å². The molecule has 0 bridgehead atoms. The lowest BCUT2D eigenvalue weighted by Gasteiger charge is -2.30. The minimum Gasteiger partial charge on any atom is -0.444 e. The average molecular weight is 443 g/mol. The molecule has 0 spiro atoms. The topological polar surface area (TPSA) is 59.1 Å². The van der Waals surface area contributed by atoms with Gasteiger partial charge in [-0.3, -0.25) is 0 Å². The molecule has 2 aromatic carbocycles. The van der Waals surface area contributed by atoms with E-state index in [2.05, 4.69) is 0 Å². The molecule has 32 heavy (non-hydrogen) atoms. The normalized spacial score (nSPS) is 12.3. The third-order valence-corrected chi connectivity index (χ3v) is 4.50. The van der Waals surface area contributed by atoms with E-state index in [0.717, 1.165) is 11.1 Å². The molecule has 0 aliphatic heterocycles. The number of carbonyl (C=O) groups is 2. The highest BCUT2D eigenvalue weighted by molar-refractivity contribution is 5.70. The summed E-state index contributed by atoms with van der Waals surface area (Å²) in [6.45, 7) is 5.43. The Hall–Kier alpha value is -3.35. The second-order valence-electron chi connectivity index (χ2n) is 8.63. The summed E-state index contributed by atoms with van der Waals surface area (Å²) in [4.78, 5) is 27.5. The van der Waals surface area contributed by atoms with E-state index in [9.17, 15) is 14.0 Å². The molecule has 0 saturated heterocycles. The summed E-state index contributed by atoms with van der Waals surface area (Å²) in [7, 11) is 4.88. The third-order valence-electron chi connectivity index (χ3n) is 4.50. The fourth-order valence-electron chi connectivity index (χ4n) is 2.86. The van der Waals surface area contributed by atoms with Crippen LogP contribution in [0.5, 0.6) is 5.75 Å². The third kappa shape index (κ3) is 7.72. The lowest BCUT2D eigenvalue weighted by atomic mass is 10.0. The standard InChI is InChI=1S/C25H31FN2O4/c1-25(2,3)32-24(30)28(6)22(12-7-9-18-13-15-20(26)16-14-18)19-10-8-11-21(17-19)31-23(29)27(4)5/h7-11,13-17,22H,12H2,1-6H3/b9-7-. The van der Waals surface area contributed by atoms with Crippen molar-refractivity contribution in [3.8, 4) is 5.75 Å². The van der Waals surface area contributed by atoms with Gasteiger partial charge < -0.3 is 19.3 Å². The first-order valence-corrected chi connectivity index (χ1v) is 10.3. The summed E-state index contributed by atoms with van der Waals surface area (Å²) < 4.78 is 24.1. The first kappa shape index (κ1) is 24.9. The number of benzene rings is 2. The van der Waals surface area contributed by atoms with Crippen molar-refractivity contribution in [3.05, 3.63) is 71.6 Å². The van der Waals surface area contributed by atoms with Crippen molar-refractivity contribution >= 4 is 18.3 Å². The summed E-state index contributed by atoms with van der Waals surface area (Å²) in [5.74, 6) is 0.0834. The number of ether oxygens (including phenoxy) is 2. The highest BCUT2D eigenvalue weighted by atomic mass is 19.1. The lowest BCUT2D eigenvalue weighted by Crippen LogP contribution is -2.36. The molecule has 1 atom stereocenters. The van der Waals surface area contributed by atoms with Crippen LogP contribution in [0.25, 0.3) is 6.08 Å². The maximum atomic E-state index is 13.1. The quantitative estimate of drug-likeness (QED) is 0.559. The van der Waals surface area contributed by atoms with Crippen molar-refractivity contribution < 1.29 is 23.5 Å². The summed E-state index contributed by atoms with van der Waals surface area (Å²) in [5, 5.41) is 0. The fourth-order valence-corrected chi connectivity index (χ4v) is 2.86. The van der Waals surface area contributed by atoms with Crippen LogP contribution in [0.4, 0.5) is 14.0 Å². The van der Waals surface area contributed by atoms with Crippen LogP contribution < -0.4 is 4.74 Å². The second kappa shape index (κ2) is 10.8. The largest absolute Gasteiger partial charge is 0.444 e. The Morgan fingerprint density at radius 3 is 2.28 bits per heavy atom. The van der Waals surface area contributed by atoms with Gasteiger partial charge in [0.15, 0.2) is 0 Å². The number of rotatable bonds is 6. The monoisotopic (exact) mass is 442 g/mol. The highest BCUT2D eigenvalue weighted by Crippen LogP contribution is 2.29. The van der Waals surface area contributed by atoms with Gasteiger partial charge in [-0.2, -0.15) is 0 Å². The van der Waals surface area contributed by atoms with Gasteiger partial charge in [0.25, 0.3) is 0 Å². The van der Waals surface area contributed by atoms with Crippen LogP contribution in [-0.4, -0.2) is 48.7 Å². The molecule has 0 heterocycles. The van der Waals surface area contributed by atoms with Gasteiger partial charge in [-0.25, -0.2) is 14.0 Å². The zero-order valence-electron chi connectivity index (χ0n) is 19.5. The molecule has 6 nitrogen and oxygen atoms in total. The van der Waals surface area contributed by atoms with Crippen LogP contribution in [0.15, 0.2) is 54.6 Å². The van der Waals surface area contributed by atoms with Crippen LogP contribution in [0.2, 0.25) is 0 Å². The Kier molecular flexibility index (Phi) is 8.41. The molecule has 0 saturated carbocycles. The minimum atomic E-state index is -0.636. The Labute approximate surface area is 189 Å². The molecule has 0 aliphatic carbocycles. The molecule has 0 aromatic heterocycles. The van der Waals surface area contributed by atoms with Crippen LogP contribution in [-0.2, 0) is 4.74 Å². The first-order valence-electron chi connectivity index (χ1n) is 10.3. The number of nitrogens with zero attached hydrogens (tertiary/aromatic N) is 2. The van der Waals surface area contributed by atoms with Gasteiger partial charge >= 0.3 is 12.2 Å². The van der Waals surface area contributed by atoms with Crippen LogP contribution in [0.3, 0.4) is 0 Å². The van der Waals surface area contributed by atoms with Crippen LogP contribution in [0.1, 0.15) is 44.4 Å². The van der Waals surface area contributed by atoms with E-state index in [4.69, 9.17) is 9.47 Å². The van der Waals surface area contributed by atoms with Crippen molar-refractivity contribution in [2.24, 2.45) is 0 Å². The first-order chi connectivity index (χ1) is 15.0. The number of hydrogen-bond donors (Lipinski definition) is 0. The summed E-state index contributed by atoms with van der Waals surface area (Å²) in [6, 6.07) is 12.8. The van der Waals surface area contributed by atoms with Crippen molar-refractivity contribution in [2.75, 3.05) is 21.1 Å². The van der Waals surface area contributed by atoms with E-state index in [1.54, 1.807) is 51.5 Å². The molecule has 2 aromatic rings. The molecular weight excluding hydrogens is 411 g/mol. The Morgan fingerprint density at radius 2 is 1.69 bits per heavy atom. The predicted molar refractivity (Wildman–Crippen MR) is 123 cm³/mol. The smallest absolute Gasteiger partial charge is 0.414 e. The van der Waals surface area contributed by atoms with E-state index in [-0.39, 0.29) is 11.9 Å².